The van der Waals surface area contributed by atoms with Gasteiger partial charge in [-0.1, -0.05) is 48.5 Å². The number of aliphatic hydroxyl groups is 2. The van der Waals surface area contributed by atoms with Crippen LogP contribution >= 0.6 is 0 Å². The van der Waals surface area contributed by atoms with E-state index in [-0.39, 0.29) is 42.5 Å². The van der Waals surface area contributed by atoms with Crippen molar-refractivity contribution in [1.29, 1.82) is 0 Å². The van der Waals surface area contributed by atoms with Gasteiger partial charge in [-0.05, 0) is 47.4 Å². The third-order valence-corrected chi connectivity index (χ3v) is 6.08. The zero-order valence-electron chi connectivity index (χ0n) is 19.3. The Morgan fingerprint density at radius 1 is 0.971 bits per heavy atom. The molecule has 5 N–H and O–H groups in total. The van der Waals surface area contributed by atoms with E-state index in [0.717, 1.165) is 22.3 Å². The molecule has 8 nitrogen and oxygen atoms in total. The Kier molecular flexibility index (Phi) is 7.33. The number of hydrogen-bond acceptors (Lipinski definition) is 7. The minimum Gasteiger partial charge on any atom is -0.462 e. The predicted octanol–water partition coefficient (Wildman–Crippen LogP) is 3.38. The zero-order valence-corrected chi connectivity index (χ0v) is 19.3. The topological polar surface area (TPSA) is 131 Å². The van der Waals surface area contributed by atoms with Gasteiger partial charge in [0.1, 0.15) is 18.8 Å². The van der Waals surface area contributed by atoms with Gasteiger partial charge >= 0.3 is 12.1 Å². The number of aliphatic hydroxyl groups excluding tert-OH is 2. The molecule has 3 aromatic carbocycles. The van der Waals surface area contributed by atoms with Crippen molar-refractivity contribution in [1.82, 2.24) is 5.32 Å². The number of ether oxygens (including phenoxy) is 2. The highest BCUT2D eigenvalue weighted by Crippen LogP contribution is 2.44. The number of nitrogens with one attached hydrogen (secondary N) is 1. The first kappa shape index (κ1) is 24.3. The Hall–Kier alpha value is -3.88. The van der Waals surface area contributed by atoms with E-state index in [2.05, 4.69) is 17.4 Å². The van der Waals surface area contributed by atoms with Crippen LogP contribution in [0.25, 0.3) is 11.1 Å². The molecular formula is C27H28N2O6. The van der Waals surface area contributed by atoms with Gasteiger partial charge in [0.05, 0.1) is 12.2 Å². The number of nitrogen functional groups attached to an aromatic ring is 1. The summed E-state index contributed by atoms with van der Waals surface area (Å²) in [5, 5.41) is 23.5. The van der Waals surface area contributed by atoms with E-state index >= 15 is 0 Å². The van der Waals surface area contributed by atoms with Crippen LogP contribution in [-0.2, 0) is 9.47 Å². The number of carbonyl (C=O) groups excluding carboxylic acids is 2. The SMILES string of the molecule is CCOC(=O)c1ccc(N)c(C(O)C(O)CNC(=O)OCC2c3ccccc3-c3ccccc32)c1. The Morgan fingerprint density at radius 2 is 1.60 bits per heavy atom. The Labute approximate surface area is 203 Å². The van der Waals surface area contributed by atoms with E-state index in [9.17, 15) is 19.8 Å². The van der Waals surface area contributed by atoms with Crippen molar-refractivity contribution < 1.29 is 29.3 Å². The smallest absolute Gasteiger partial charge is 0.407 e. The van der Waals surface area contributed by atoms with Crippen molar-refractivity contribution in [2.24, 2.45) is 0 Å². The normalized spacial score (nSPS) is 13.9. The van der Waals surface area contributed by atoms with Gasteiger partial charge in [0, 0.05) is 23.7 Å². The molecule has 8 heteroatoms. The number of nitrogens with two attached hydrogens (primary N) is 1. The average Bonchev–Trinajstić information content (AvgIpc) is 3.19. The number of anilines is 1. The van der Waals surface area contributed by atoms with E-state index in [1.165, 1.54) is 18.2 Å². The molecule has 35 heavy (non-hydrogen) atoms. The van der Waals surface area contributed by atoms with Crippen LogP contribution in [0.1, 0.15) is 46.0 Å². The first-order valence-electron chi connectivity index (χ1n) is 11.4. The Bertz CT molecular complexity index is 1180. The van der Waals surface area contributed by atoms with Gasteiger partial charge < -0.3 is 30.7 Å². The molecule has 1 aliphatic rings. The lowest BCUT2D eigenvalue weighted by molar-refractivity contribution is 0.0188. The maximum Gasteiger partial charge on any atom is 0.407 e. The second-order valence-electron chi connectivity index (χ2n) is 8.28. The zero-order chi connectivity index (χ0) is 24.9. The highest BCUT2D eigenvalue weighted by atomic mass is 16.5. The first-order valence-corrected chi connectivity index (χ1v) is 11.4. The van der Waals surface area contributed by atoms with Gasteiger partial charge in [0.15, 0.2) is 0 Å². The molecule has 0 saturated heterocycles. The van der Waals surface area contributed by atoms with Crippen molar-refractivity contribution in [3.8, 4) is 11.1 Å². The Morgan fingerprint density at radius 3 is 2.23 bits per heavy atom. The van der Waals surface area contributed by atoms with Gasteiger partial charge in [-0.3, -0.25) is 0 Å². The summed E-state index contributed by atoms with van der Waals surface area (Å²) in [6.45, 7) is 1.74. The number of hydrogen-bond donors (Lipinski definition) is 4. The number of amides is 1. The molecule has 0 aromatic heterocycles. The number of alkyl carbamates (subject to hydrolysis) is 1. The average molecular weight is 477 g/mol. The van der Waals surface area contributed by atoms with Crippen molar-refractivity contribution in [3.05, 3.63) is 89.0 Å². The molecule has 182 valence electrons. The molecule has 0 saturated carbocycles. The quantitative estimate of drug-likeness (QED) is 0.290. The second kappa shape index (κ2) is 10.6. The summed E-state index contributed by atoms with van der Waals surface area (Å²) in [5.41, 5.74) is 10.9. The molecule has 0 fully saturated rings. The summed E-state index contributed by atoms with van der Waals surface area (Å²) >= 11 is 0. The van der Waals surface area contributed by atoms with Gasteiger partial charge in [0.25, 0.3) is 0 Å². The maximum atomic E-state index is 12.4. The van der Waals surface area contributed by atoms with E-state index < -0.39 is 24.3 Å². The molecule has 0 radical (unpaired) electrons. The summed E-state index contributed by atoms with van der Waals surface area (Å²) in [6, 6.07) is 20.3. The molecule has 2 atom stereocenters. The number of esters is 1. The minimum atomic E-state index is -1.43. The van der Waals surface area contributed by atoms with Crippen LogP contribution < -0.4 is 11.1 Å². The highest BCUT2D eigenvalue weighted by molar-refractivity contribution is 5.90. The summed E-state index contributed by atoms with van der Waals surface area (Å²) < 4.78 is 10.4. The molecule has 0 aliphatic heterocycles. The lowest BCUT2D eigenvalue weighted by Gasteiger charge is -2.21. The fourth-order valence-corrected chi connectivity index (χ4v) is 4.33. The Balaban J connectivity index is 1.35. The van der Waals surface area contributed by atoms with Gasteiger partial charge in [-0.25, -0.2) is 9.59 Å². The maximum absolute atomic E-state index is 12.4. The van der Waals surface area contributed by atoms with Crippen LogP contribution in [0.4, 0.5) is 10.5 Å². The molecule has 1 amide bonds. The third-order valence-electron chi connectivity index (χ3n) is 6.08. The summed E-state index contributed by atoms with van der Waals surface area (Å²) in [5.74, 6) is -0.652. The van der Waals surface area contributed by atoms with Gasteiger partial charge in [-0.15, -0.1) is 0 Å². The van der Waals surface area contributed by atoms with Crippen molar-refractivity contribution in [3.63, 3.8) is 0 Å². The number of benzene rings is 3. The summed E-state index contributed by atoms with van der Waals surface area (Å²) in [6.07, 6.45) is -3.53. The van der Waals surface area contributed by atoms with Crippen LogP contribution in [0.3, 0.4) is 0 Å². The molecule has 1 aliphatic carbocycles. The van der Waals surface area contributed by atoms with Crippen LogP contribution in [0, 0.1) is 0 Å². The lowest BCUT2D eigenvalue weighted by atomic mass is 9.98. The van der Waals surface area contributed by atoms with E-state index in [4.69, 9.17) is 15.2 Å². The van der Waals surface area contributed by atoms with Crippen LogP contribution in [0.2, 0.25) is 0 Å². The van der Waals surface area contributed by atoms with E-state index in [1.54, 1.807) is 6.92 Å². The highest BCUT2D eigenvalue weighted by Gasteiger charge is 2.29. The monoisotopic (exact) mass is 476 g/mol. The van der Waals surface area contributed by atoms with E-state index in [1.807, 2.05) is 36.4 Å². The number of rotatable bonds is 8. The van der Waals surface area contributed by atoms with Crippen molar-refractivity contribution in [2.45, 2.75) is 25.0 Å². The third kappa shape index (κ3) is 5.13. The predicted molar refractivity (Wildman–Crippen MR) is 131 cm³/mol. The standard InChI is InChI=1S/C27H28N2O6/c1-2-34-26(32)16-11-12-23(28)21(13-16)25(31)24(30)14-29-27(33)35-15-22-19-9-5-3-7-17(19)18-8-4-6-10-20(18)22/h3-13,22,24-25,30-31H,2,14-15,28H2,1H3,(H,29,33). The van der Waals surface area contributed by atoms with Gasteiger partial charge in [0.2, 0.25) is 0 Å². The molecular weight excluding hydrogens is 448 g/mol. The second-order valence-corrected chi connectivity index (χ2v) is 8.28. The minimum absolute atomic E-state index is 0.0888. The van der Waals surface area contributed by atoms with Crippen molar-refractivity contribution >= 4 is 17.7 Å². The fourth-order valence-electron chi connectivity index (χ4n) is 4.33. The molecule has 3 aromatic rings. The number of fused-ring (bicyclic) bond motifs is 3. The van der Waals surface area contributed by atoms with E-state index in [0.29, 0.717) is 0 Å². The molecule has 0 spiro atoms. The molecule has 0 heterocycles. The first-order chi connectivity index (χ1) is 16.9. The van der Waals surface area contributed by atoms with Crippen LogP contribution in [-0.4, -0.2) is 48.1 Å². The number of carbonyl (C=O) groups is 2. The summed E-state index contributed by atoms with van der Waals surface area (Å²) in [7, 11) is 0. The lowest BCUT2D eigenvalue weighted by Crippen LogP contribution is -2.36. The van der Waals surface area contributed by atoms with Gasteiger partial charge in [-0.2, -0.15) is 0 Å². The molecule has 2 unspecified atom stereocenters. The fraction of sp³-hybridized carbons (Fsp3) is 0.259. The van der Waals surface area contributed by atoms with Crippen molar-refractivity contribution in [2.75, 3.05) is 25.5 Å². The van der Waals surface area contributed by atoms with Crippen LogP contribution in [0.15, 0.2) is 66.7 Å². The molecule has 4 rings (SSSR count). The molecule has 0 bridgehead atoms. The van der Waals surface area contributed by atoms with Crippen LogP contribution in [0.5, 0.6) is 0 Å². The summed E-state index contributed by atoms with van der Waals surface area (Å²) in [4.78, 5) is 24.3. The largest absolute Gasteiger partial charge is 0.462 e.